The lowest BCUT2D eigenvalue weighted by atomic mass is 10.0. The Bertz CT molecular complexity index is 422. The van der Waals surface area contributed by atoms with Gasteiger partial charge in [-0.25, -0.2) is 0 Å². The molecule has 0 aromatic rings. The van der Waals surface area contributed by atoms with Gasteiger partial charge in [0.15, 0.2) is 0 Å². The van der Waals surface area contributed by atoms with Gasteiger partial charge in [-0.15, -0.1) is 0 Å². The first-order valence-electron chi connectivity index (χ1n) is 12.0. The van der Waals surface area contributed by atoms with Crippen molar-refractivity contribution in [1.29, 1.82) is 0 Å². The first kappa shape index (κ1) is 27.9. The molecule has 0 fully saturated rings. The van der Waals surface area contributed by atoms with Crippen molar-refractivity contribution in [2.75, 3.05) is 0 Å². The van der Waals surface area contributed by atoms with Gasteiger partial charge in [0.1, 0.15) is 0 Å². The zero-order valence-electron chi connectivity index (χ0n) is 18.7. The van der Waals surface area contributed by atoms with E-state index in [0.717, 1.165) is 38.5 Å². The molecule has 0 aliphatic carbocycles. The smallest absolute Gasteiger partial charge is 0.267 e. The maximum atomic E-state index is 10.9. The largest absolute Gasteiger partial charge is 0.393 e. The molecule has 0 radical (unpaired) electrons. The third kappa shape index (κ3) is 19.2. The van der Waals surface area contributed by atoms with E-state index in [0.29, 0.717) is 6.42 Å². The lowest BCUT2D eigenvalue weighted by Crippen LogP contribution is -2.16. The van der Waals surface area contributed by atoms with Gasteiger partial charge < -0.3 is 5.11 Å². The molecule has 0 heterocycles. The minimum Gasteiger partial charge on any atom is -0.393 e. The van der Waals surface area contributed by atoms with Crippen molar-refractivity contribution >= 4 is 10.1 Å². The molecule has 0 amide bonds. The highest BCUT2D eigenvalue weighted by molar-refractivity contribution is 7.86. The van der Waals surface area contributed by atoms with Gasteiger partial charge >= 0.3 is 0 Å². The molecule has 0 rings (SSSR count). The van der Waals surface area contributed by atoms with Crippen molar-refractivity contribution in [2.24, 2.45) is 0 Å². The molecule has 0 bridgehead atoms. The maximum Gasteiger partial charge on any atom is 0.267 e. The zero-order chi connectivity index (χ0) is 21.1. The SMILES string of the molecule is CCCCCCCCCC(O)CCCCCCCCCCCC(C)S(=O)(=O)O. The van der Waals surface area contributed by atoms with Gasteiger partial charge in [-0.2, -0.15) is 8.42 Å². The van der Waals surface area contributed by atoms with Crippen LogP contribution >= 0.6 is 0 Å². The third-order valence-corrected chi connectivity index (χ3v) is 7.05. The first-order chi connectivity index (χ1) is 13.4. The lowest BCUT2D eigenvalue weighted by molar-refractivity contribution is 0.147. The molecular formula is C23H48O4S. The maximum absolute atomic E-state index is 10.9. The molecule has 5 heteroatoms. The Morgan fingerprint density at radius 2 is 0.929 bits per heavy atom. The molecule has 0 aliphatic heterocycles. The first-order valence-corrected chi connectivity index (χ1v) is 13.5. The number of aliphatic hydroxyl groups is 1. The Hall–Kier alpha value is -0.130. The van der Waals surface area contributed by atoms with Crippen LogP contribution in [0.5, 0.6) is 0 Å². The highest BCUT2D eigenvalue weighted by Gasteiger charge is 2.15. The predicted molar refractivity (Wildman–Crippen MR) is 120 cm³/mol. The van der Waals surface area contributed by atoms with Crippen LogP contribution in [0.25, 0.3) is 0 Å². The molecule has 0 saturated carbocycles. The molecule has 2 unspecified atom stereocenters. The highest BCUT2D eigenvalue weighted by Crippen LogP contribution is 2.16. The molecular weight excluding hydrogens is 372 g/mol. The summed E-state index contributed by atoms with van der Waals surface area (Å²) in [6.07, 6.45) is 22.0. The molecule has 2 atom stereocenters. The van der Waals surface area contributed by atoms with E-state index < -0.39 is 15.4 Å². The van der Waals surface area contributed by atoms with E-state index >= 15 is 0 Å². The minimum atomic E-state index is -3.85. The fourth-order valence-corrected chi connectivity index (χ4v) is 4.14. The fourth-order valence-electron chi connectivity index (χ4n) is 3.68. The quantitative estimate of drug-likeness (QED) is 0.154. The van der Waals surface area contributed by atoms with Crippen LogP contribution in [0, 0.1) is 0 Å². The Morgan fingerprint density at radius 3 is 1.29 bits per heavy atom. The van der Waals surface area contributed by atoms with Crippen LogP contribution in [-0.4, -0.2) is 29.4 Å². The average molecular weight is 421 g/mol. The molecule has 2 N–H and O–H groups in total. The molecule has 0 spiro atoms. The van der Waals surface area contributed by atoms with Crippen LogP contribution in [0.3, 0.4) is 0 Å². The fraction of sp³-hybridized carbons (Fsp3) is 1.00. The Morgan fingerprint density at radius 1 is 0.607 bits per heavy atom. The summed E-state index contributed by atoms with van der Waals surface area (Å²) in [4.78, 5) is 0. The summed E-state index contributed by atoms with van der Waals surface area (Å²) in [6, 6.07) is 0. The van der Waals surface area contributed by atoms with E-state index in [1.807, 2.05) is 0 Å². The van der Waals surface area contributed by atoms with Crippen molar-refractivity contribution in [1.82, 2.24) is 0 Å². The van der Waals surface area contributed by atoms with Crippen LogP contribution in [0.2, 0.25) is 0 Å². The molecule has 170 valence electrons. The summed E-state index contributed by atoms with van der Waals surface area (Å²) in [5.74, 6) is 0. The standard InChI is InChI=1S/C23H48O4S/c1-3-4-5-6-10-14-17-20-23(24)21-18-15-12-9-7-8-11-13-16-19-22(2)28(25,26)27/h22-24H,3-21H2,1-2H3,(H,25,26,27). The monoisotopic (exact) mass is 420 g/mol. The van der Waals surface area contributed by atoms with Crippen molar-refractivity contribution in [3.63, 3.8) is 0 Å². The summed E-state index contributed by atoms with van der Waals surface area (Å²) >= 11 is 0. The summed E-state index contributed by atoms with van der Waals surface area (Å²) in [7, 11) is -3.85. The number of rotatable bonds is 21. The van der Waals surface area contributed by atoms with E-state index in [4.69, 9.17) is 4.55 Å². The van der Waals surface area contributed by atoms with Crippen molar-refractivity contribution in [3.05, 3.63) is 0 Å². The molecule has 28 heavy (non-hydrogen) atoms. The van der Waals surface area contributed by atoms with E-state index in [1.165, 1.54) is 77.0 Å². The van der Waals surface area contributed by atoms with E-state index in [9.17, 15) is 13.5 Å². The van der Waals surface area contributed by atoms with Crippen LogP contribution in [0.15, 0.2) is 0 Å². The summed E-state index contributed by atoms with van der Waals surface area (Å²) in [6.45, 7) is 3.82. The zero-order valence-corrected chi connectivity index (χ0v) is 19.5. The summed E-state index contributed by atoms with van der Waals surface area (Å²) in [5.41, 5.74) is 0. The number of hydrogen-bond donors (Lipinski definition) is 2. The van der Waals surface area contributed by atoms with Crippen molar-refractivity contribution < 1.29 is 18.1 Å². The molecule has 0 aromatic heterocycles. The van der Waals surface area contributed by atoms with Gasteiger partial charge in [0.25, 0.3) is 10.1 Å². The lowest BCUT2D eigenvalue weighted by Gasteiger charge is -2.10. The Balaban J connectivity index is 3.26. The topological polar surface area (TPSA) is 74.6 Å². The summed E-state index contributed by atoms with van der Waals surface area (Å²) < 4.78 is 30.7. The van der Waals surface area contributed by atoms with Gasteiger partial charge in [0, 0.05) is 0 Å². The van der Waals surface area contributed by atoms with Crippen molar-refractivity contribution in [2.45, 2.75) is 147 Å². The van der Waals surface area contributed by atoms with Gasteiger partial charge in [-0.05, 0) is 26.2 Å². The molecule has 4 nitrogen and oxygen atoms in total. The predicted octanol–water partition coefficient (Wildman–Crippen LogP) is 7.06. The second-order valence-electron chi connectivity index (χ2n) is 8.65. The molecule has 0 aliphatic rings. The van der Waals surface area contributed by atoms with Crippen LogP contribution < -0.4 is 0 Å². The van der Waals surface area contributed by atoms with Crippen LogP contribution in [0.4, 0.5) is 0 Å². The highest BCUT2D eigenvalue weighted by atomic mass is 32.2. The van der Waals surface area contributed by atoms with Gasteiger partial charge in [-0.3, -0.25) is 4.55 Å². The number of hydrogen-bond acceptors (Lipinski definition) is 3. The molecule has 0 aromatic carbocycles. The van der Waals surface area contributed by atoms with Gasteiger partial charge in [0.05, 0.1) is 11.4 Å². The second-order valence-corrected chi connectivity index (χ2v) is 10.5. The van der Waals surface area contributed by atoms with Crippen molar-refractivity contribution in [3.8, 4) is 0 Å². The Kier molecular flexibility index (Phi) is 18.8. The van der Waals surface area contributed by atoms with Gasteiger partial charge in [0.2, 0.25) is 0 Å². The number of unbranched alkanes of at least 4 members (excludes halogenated alkanes) is 14. The van der Waals surface area contributed by atoms with Gasteiger partial charge in [-0.1, -0.05) is 110 Å². The van der Waals surface area contributed by atoms with E-state index in [1.54, 1.807) is 6.92 Å². The normalized spacial score (nSPS) is 14.3. The number of aliphatic hydroxyl groups excluding tert-OH is 1. The minimum absolute atomic E-state index is 0.0965. The van der Waals surface area contributed by atoms with Crippen LogP contribution in [0.1, 0.15) is 136 Å². The van der Waals surface area contributed by atoms with E-state index in [2.05, 4.69) is 6.92 Å². The van der Waals surface area contributed by atoms with Crippen LogP contribution in [-0.2, 0) is 10.1 Å². The second kappa shape index (κ2) is 18.9. The summed E-state index contributed by atoms with van der Waals surface area (Å²) in [5, 5.41) is 9.42. The Labute approximate surface area is 175 Å². The third-order valence-electron chi connectivity index (χ3n) is 5.80. The molecule has 0 saturated heterocycles. The average Bonchev–Trinajstić information content (AvgIpc) is 2.64. The van der Waals surface area contributed by atoms with E-state index in [-0.39, 0.29) is 6.10 Å².